The summed E-state index contributed by atoms with van der Waals surface area (Å²) in [6, 6.07) is 9.41. The molecule has 1 atom stereocenters. The van der Waals surface area contributed by atoms with E-state index >= 15 is 0 Å². The standard InChI is InChI=1S/C17H21FN4/c1-14-13-21(9-7-15-4-3-8-19-12-15)10-11-22(14)17-6-2-5-16(18)20-17/h2-6,8,12,14H,7,9-11,13H2,1H3. The van der Waals surface area contributed by atoms with Gasteiger partial charge in [0.25, 0.3) is 0 Å². The molecule has 1 aliphatic rings. The minimum absolute atomic E-state index is 0.331. The number of aromatic nitrogens is 2. The van der Waals surface area contributed by atoms with E-state index in [1.165, 1.54) is 11.6 Å². The average molecular weight is 300 g/mol. The second-order valence-electron chi connectivity index (χ2n) is 5.77. The van der Waals surface area contributed by atoms with E-state index in [1.807, 2.05) is 18.3 Å². The molecule has 116 valence electrons. The van der Waals surface area contributed by atoms with E-state index in [4.69, 9.17) is 0 Å². The monoisotopic (exact) mass is 300 g/mol. The molecule has 0 amide bonds. The summed E-state index contributed by atoms with van der Waals surface area (Å²) in [5.74, 6) is 0.322. The molecule has 3 heterocycles. The summed E-state index contributed by atoms with van der Waals surface area (Å²) in [6.45, 7) is 6.02. The fourth-order valence-corrected chi connectivity index (χ4v) is 2.97. The predicted molar refractivity (Wildman–Crippen MR) is 85.4 cm³/mol. The molecular weight excluding hydrogens is 279 g/mol. The molecule has 0 saturated carbocycles. The van der Waals surface area contributed by atoms with Gasteiger partial charge in [-0.05, 0) is 37.1 Å². The van der Waals surface area contributed by atoms with E-state index in [9.17, 15) is 4.39 Å². The van der Waals surface area contributed by atoms with Gasteiger partial charge >= 0.3 is 0 Å². The number of nitrogens with zero attached hydrogens (tertiary/aromatic N) is 4. The van der Waals surface area contributed by atoms with Gasteiger partial charge in [0.05, 0.1) is 0 Å². The van der Waals surface area contributed by atoms with Gasteiger partial charge in [-0.15, -0.1) is 0 Å². The zero-order valence-corrected chi connectivity index (χ0v) is 12.8. The Morgan fingerprint density at radius 2 is 2.14 bits per heavy atom. The molecule has 22 heavy (non-hydrogen) atoms. The third-order valence-corrected chi connectivity index (χ3v) is 4.15. The maximum absolute atomic E-state index is 13.3. The summed E-state index contributed by atoms with van der Waals surface area (Å²) in [6.07, 6.45) is 4.74. The molecule has 2 aromatic heterocycles. The molecule has 2 aromatic rings. The number of anilines is 1. The molecule has 5 heteroatoms. The summed E-state index contributed by atoms with van der Waals surface area (Å²) in [4.78, 5) is 12.8. The smallest absolute Gasteiger partial charge is 0.214 e. The Bertz CT molecular complexity index is 605. The van der Waals surface area contributed by atoms with Crippen LogP contribution in [-0.2, 0) is 6.42 Å². The van der Waals surface area contributed by atoms with Crippen molar-refractivity contribution in [3.05, 3.63) is 54.2 Å². The van der Waals surface area contributed by atoms with Crippen molar-refractivity contribution in [1.82, 2.24) is 14.9 Å². The molecular formula is C17H21FN4. The number of hydrogen-bond donors (Lipinski definition) is 0. The minimum Gasteiger partial charge on any atom is -0.351 e. The normalized spacial score (nSPS) is 19.4. The lowest BCUT2D eigenvalue weighted by atomic mass is 10.1. The predicted octanol–water partition coefficient (Wildman–Crippen LogP) is 2.37. The van der Waals surface area contributed by atoms with Crippen LogP contribution in [0.2, 0.25) is 0 Å². The van der Waals surface area contributed by atoms with Crippen LogP contribution in [0.1, 0.15) is 12.5 Å². The number of rotatable bonds is 4. The maximum atomic E-state index is 13.3. The van der Waals surface area contributed by atoms with Gasteiger partial charge in [0.1, 0.15) is 5.82 Å². The van der Waals surface area contributed by atoms with E-state index < -0.39 is 5.95 Å². The van der Waals surface area contributed by atoms with Crippen LogP contribution in [0.4, 0.5) is 10.2 Å². The molecule has 1 fully saturated rings. The lowest BCUT2D eigenvalue weighted by Gasteiger charge is -2.40. The van der Waals surface area contributed by atoms with Crippen LogP contribution in [0, 0.1) is 5.95 Å². The Labute approximate surface area is 130 Å². The largest absolute Gasteiger partial charge is 0.351 e. The van der Waals surface area contributed by atoms with Crippen molar-refractivity contribution >= 4 is 5.82 Å². The van der Waals surface area contributed by atoms with Crippen LogP contribution in [0.15, 0.2) is 42.7 Å². The highest BCUT2D eigenvalue weighted by atomic mass is 19.1. The van der Waals surface area contributed by atoms with Crippen LogP contribution in [0.5, 0.6) is 0 Å². The van der Waals surface area contributed by atoms with Gasteiger partial charge in [0, 0.05) is 44.6 Å². The molecule has 4 nitrogen and oxygen atoms in total. The van der Waals surface area contributed by atoms with Crippen LogP contribution in [0.25, 0.3) is 0 Å². The second-order valence-corrected chi connectivity index (χ2v) is 5.77. The second kappa shape index (κ2) is 6.83. The fraction of sp³-hybridized carbons (Fsp3) is 0.412. The average Bonchev–Trinajstić information content (AvgIpc) is 2.54. The summed E-state index contributed by atoms with van der Waals surface area (Å²) < 4.78 is 13.3. The van der Waals surface area contributed by atoms with Crippen molar-refractivity contribution < 1.29 is 4.39 Å². The first-order valence-electron chi connectivity index (χ1n) is 7.73. The molecule has 0 bridgehead atoms. The molecule has 0 N–H and O–H groups in total. The molecule has 1 unspecified atom stereocenters. The molecule has 0 aromatic carbocycles. The SMILES string of the molecule is CC1CN(CCc2cccnc2)CCN1c1cccc(F)n1. The molecule has 0 aliphatic carbocycles. The van der Waals surface area contributed by atoms with Crippen molar-refractivity contribution in [2.24, 2.45) is 0 Å². The molecule has 0 spiro atoms. The first-order valence-corrected chi connectivity index (χ1v) is 7.73. The summed E-state index contributed by atoms with van der Waals surface area (Å²) in [5.41, 5.74) is 1.27. The molecule has 0 radical (unpaired) electrons. The van der Waals surface area contributed by atoms with Crippen molar-refractivity contribution in [2.45, 2.75) is 19.4 Å². The summed E-state index contributed by atoms with van der Waals surface area (Å²) >= 11 is 0. The third-order valence-electron chi connectivity index (χ3n) is 4.15. The van der Waals surface area contributed by atoms with Crippen molar-refractivity contribution in [2.75, 3.05) is 31.1 Å². The number of hydrogen-bond acceptors (Lipinski definition) is 4. The van der Waals surface area contributed by atoms with Gasteiger partial charge < -0.3 is 4.90 Å². The zero-order chi connectivity index (χ0) is 15.4. The zero-order valence-electron chi connectivity index (χ0n) is 12.8. The van der Waals surface area contributed by atoms with E-state index in [1.54, 1.807) is 12.3 Å². The molecule has 3 rings (SSSR count). The summed E-state index contributed by atoms with van der Waals surface area (Å²) in [5, 5.41) is 0. The van der Waals surface area contributed by atoms with Crippen LogP contribution >= 0.6 is 0 Å². The number of pyridine rings is 2. The van der Waals surface area contributed by atoms with Gasteiger partial charge in [-0.3, -0.25) is 9.88 Å². The van der Waals surface area contributed by atoms with E-state index in [0.717, 1.165) is 38.4 Å². The van der Waals surface area contributed by atoms with Crippen LogP contribution < -0.4 is 4.90 Å². The van der Waals surface area contributed by atoms with Crippen molar-refractivity contribution in [3.63, 3.8) is 0 Å². The fourth-order valence-electron chi connectivity index (χ4n) is 2.97. The highest BCUT2D eigenvalue weighted by Gasteiger charge is 2.24. The Balaban J connectivity index is 1.56. The van der Waals surface area contributed by atoms with Crippen molar-refractivity contribution in [3.8, 4) is 0 Å². The Hall–Kier alpha value is -2.01. The molecule has 1 aliphatic heterocycles. The lowest BCUT2D eigenvalue weighted by Crippen LogP contribution is -2.52. The van der Waals surface area contributed by atoms with E-state index in [2.05, 4.69) is 32.8 Å². The van der Waals surface area contributed by atoms with Crippen LogP contribution in [0.3, 0.4) is 0 Å². The quantitative estimate of drug-likeness (QED) is 0.812. The Morgan fingerprint density at radius 1 is 1.23 bits per heavy atom. The number of piperazine rings is 1. The Morgan fingerprint density at radius 3 is 2.86 bits per heavy atom. The highest BCUT2D eigenvalue weighted by molar-refractivity contribution is 5.40. The van der Waals surface area contributed by atoms with Crippen molar-refractivity contribution in [1.29, 1.82) is 0 Å². The molecule has 1 saturated heterocycles. The number of halogens is 1. The third kappa shape index (κ3) is 3.60. The first-order chi connectivity index (χ1) is 10.7. The minimum atomic E-state index is -0.413. The Kier molecular flexibility index (Phi) is 4.63. The van der Waals surface area contributed by atoms with E-state index in [0.29, 0.717) is 6.04 Å². The highest BCUT2D eigenvalue weighted by Crippen LogP contribution is 2.18. The van der Waals surface area contributed by atoms with Crippen LogP contribution in [-0.4, -0.2) is 47.1 Å². The summed E-state index contributed by atoms with van der Waals surface area (Å²) in [7, 11) is 0. The van der Waals surface area contributed by atoms with Gasteiger partial charge in [-0.25, -0.2) is 4.98 Å². The first kappa shape index (κ1) is 14.9. The van der Waals surface area contributed by atoms with E-state index in [-0.39, 0.29) is 0 Å². The maximum Gasteiger partial charge on any atom is 0.214 e. The van der Waals surface area contributed by atoms with Gasteiger partial charge in [0.15, 0.2) is 0 Å². The van der Waals surface area contributed by atoms with Gasteiger partial charge in [0.2, 0.25) is 5.95 Å². The lowest BCUT2D eigenvalue weighted by molar-refractivity contribution is 0.230. The topological polar surface area (TPSA) is 32.3 Å². The van der Waals surface area contributed by atoms with Gasteiger partial charge in [-0.2, -0.15) is 4.39 Å². The van der Waals surface area contributed by atoms with Gasteiger partial charge in [-0.1, -0.05) is 12.1 Å².